The second-order valence-corrected chi connectivity index (χ2v) is 7.30. The van der Waals surface area contributed by atoms with Crippen LogP contribution in [0.25, 0.3) is 0 Å². The summed E-state index contributed by atoms with van der Waals surface area (Å²) in [7, 11) is 3.48. The lowest BCUT2D eigenvalue weighted by Gasteiger charge is -2.06. The summed E-state index contributed by atoms with van der Waals surface area (Å²) in [5, 5.41) is 5.38. The van der Waals surface area contributed by atoms with E-state index >= 15 is 0 Å². The van der Waals surface area contributed by atoms with Gasteiger partial charge in [0.15, 0.2) is 0 Å². The molecule has 1 aromatic heterocycles. The quantitative estimate of drug-likeness (QED) is 0.519. The van der Waals surface area contributed by atoms with E-state index in [1.165, 1.54) is 5.56 Å². The van der Waals surface area contributed by atoms with Crippen LogP contribution in [-0.2, 0) is 11.5 Å². The molecular formula is C13H13Cl2NOS2. The van der Waals surface area contributed by atoms with E-state index in [1.807, 2.05) is 32.0 Å². The van der Waals surface area contributed by atoms with E-state index in [9.17, 15) is 0 Å². The van der Waals surface area contributed by atoms with Crippen LogP contribution in [0.4, 0.5) is 0 Å². The van der Waals surface area contributed by atoms with E-state index in [-0.39, 0.29) is 0 Å². The Bertz CT molecular complexity index is 532. The maximum absolute atomic E-state index is 6.13. The first-order valence-electron chi connectivity index (χ1n) is 5.68. The van der Waals surface area contributed by atoms with Crippen LogP contribution in [-0.4, -0.2) is 5.16 Å². The molecule has 0 aliphatic carbocycles. The minimum atomic E-state index is 0.720. The molecule has 0 spiro atoms. The second kappa shape index (κ2) is 6.93. The first kappa shape index (κ1) is 15.1. The average Bonchev–Trinajstić information content (AvgIpc) is 2.68. The van der Waals surface area contributed by atoms with Crippen molar-refractivity contribution in [1.82, 2.24) is 5.16 Å². The Labute approximate surface area is 130 Å². The van der Waals surface area contributed by atoms with Gasteiger partial charge in [0.25, 0.3) is 0 Å². The number of benzene rings is 1. The van der Waals surface area contributed by atoms with Gasteiger partial charge in [0, 0.05) is 32.7 Å². The number of aromatic nitrogens is 1. The number of halogens is 2. The van der Waals surface area contributed by atoms with Crippen molar-refractivity contribution in [2.24, 2.45) is 0 Å². The minimum absolute atomic E-state index is 0.720. The van der Waals surface area contributed by atoms with E-state index in [0.29, 0.717) is 0 Å². The van der Waals surface area contributed by atoms with Gasteiger partial charge in [-0.1, -0.05) is 56.0 Å². The summed E-state index contributed by atoms with van der Waals surface area (Å²) in [5.41, 5.74) is 3.12. The third kappa shape index (κ3) is 3.85. The van der Waals surface area contributed by atoms with E-state index in [0.717, 1.165) is 38.6 Å². The van der Waals surface area contributed by atoms with Crippen molar-refractivity contribution >= 4 is 44.8 Å². The van der Waals surface area contributed by atoms with Gasteiger partial charge in [0.2, 0.25) is 0 Å². The Morgan fingerprint density at radius 1 is 1.05 bits per heavy atom. The lowest BCUT2D eigenvalue weighted by molar-refractivity contribution is 0.392. The van der Waals surface area contributed by atoms with Crippen LogP contribution >= 0.6 is 44.8 Å². The normalized spacial score (nSPS) is 10.9. The van der Waals surface area contributed by atoms with Crippen LogP contribution in [0.15, 0.2) is 22.7 Å². The van der Waals surface area contributed by atoms with Crippen LogP contribution in [0.5, 0.6) is 0 Å². The second-order valence-electron chi connectivity index (χ2n) is 4.03. The standard InChI is InChI=1S/C13H13Cl2NOS2/c1-8-10(9(2)17-16-8)6-18-19-7-11-12(14)4-3-5-13(11)15/h3-5H,6-7H2,1-2H3. The smallest absolute Gasteiger partial charge is 0.137 e. The number of hydrogen-bond acceptors (Lipinski definition) is 4. The Morgan fingerprint density at radius 3 is 2.16 bits per heavy atom. The van der Waals surface area contributed by atoms with Crippen molar-refractivity contribution in [1.29, 1.82) is 0 Å². The van der Waals surface area contributed by atoms with Gasteiger partial charge in [-0.15, -0.1) is 0 Å². The van der Waals surface area contributed by atoms with Crippen molar-refractivity contribution in [3.8, 4) is 0 Å². The molecule has 2 rings (SSSR count). The average molecular weight is 334 g/mol. The molecule has 0 saturated carbocycles. The molecule has 0 atom stereocenters. The summed E-state index contributed by atoms with van der Waals surface area (Å²) in [6.45, 7) is 3.90. The van der Waals surface area contributed by atoms with Gasteiger partial charge >= 0.3 is 0 Å². The minimum Gasteiger partial charge on any atom is -0.361 e. The monoisotopic (exact) mass is 333 g/mol. The lowest BCUT2D eigenvalue weighted by Crippen LogP contribution is -1.85. The molecule has 2 aromatic rings. The first-order chi connectivity index (χ1) is 9.09. The lowest BCUT2D eigenvalue weighted by atomic mass is 10.2. The zero-order valence-corrected chi connectivity index (χ0v) is 13.7. The highest BCUT2D eigenvalue weighted by atomic mass is 35.5. The van der Waals surface area contributed by atoms with E-state index in [2.05, 4.69) is 5.16 Å². The molecule has 0 N–H and O–H groups in total. The molecule has 0 radical (unpaired) electrons. The largest absolute Gasteiger partial charge is 0.361 e. The number of rotatable bonds is 5. The van der Waals surface area contributed by atoms with E-state index < -0.39 is 0 Å². The molecule has 6 heteroatoms. The fraction of sp³-hybridized carbons (Fsp3) is 0.308. The summed E-state index contributed by atoms with van der Waals surface area (Å²) < 4.78 is 5.13. The molecule has 102 valence electrons. The molecule has 2 nitrogen and oxygen atoms in total. The van der Waals surface area contributed by atoms with Crippen molar-refractivity contribution in [3.05, 3.63) is 50.8 Å². The van der Waals surface area contributed by atoms with Crippen LogP contribution in [0.1, 0.15) is 22.6 Å². The molecule has 0 bridgehead atoms. The molecule has 1 aromatic carbocycles. The highest BCUT2D eigenvalue weighted by Gasteiger charge is 2.10. The zero-order valence-electron chi connectivity index (χ0n) is 10.6. The molecule has 1 heterocycles. The molecule has 19 heavy (non-hydrogen) atoms. The summed E-state index contributed by atoms with van der Waals surface area (Å²) in [4.78, 5) is 0. The Hall–Kier alpha value is -0.290. The molecule has 0 aliphatic heterocycles. The zero-order chi connectivity index (χ0) is 13.8. The highest BCUT2D eigenvalue weighted by Crippen LogP contribution is 2.35. The topological polar surface area (TPSA) is 26.0 Å². The third-order valence-electron chi connectivity index (χ3n) is 2.73. The van der Waals surface area contributed by atoms with E-state index in [1.54, 1.807) is 21.6 Å². The van der Waals surface area contributed by atoms with Crippen LogP contribution in [0, 0.1) is 13.8 Å². The van der Waals surface area contributed by atoms with Crippen molar-refractivity contribution < 1.29 is 4.52 Å². The van der Waals surface area contributed by atoms with Gasteiger partial charge in [0.05, 0.1) is 5.69 Å². The van der Waals surface area contributed by atoms with Crippen molar-refractivity contribution in [2.75, 3.05) is 0 Å². The number of aryl methyl sites for hydroxylation is 2. The van der Waals surface area contributed by atoms with Gasteiger partial charge in [-0.05, 0) is 26.0 Å². The summed E-state index contributed by atoms with van der Waals surface area (Å²) in [5.74, 6) is 2.54. The Kier molecular flexibility index (Phi) is 5.51. The molecule has 0 aliphatic rings. The molecule has 0 amide bonds. The van der Waals surface area contributed by atoms with Crippen molar-refractivity contribution in [2.45, 2.75) is 25.4 Å². The predicted octanol–water partition coefficient (Wildman–Crippen LogP) is 5.68. The Morgan fingerprint density at radius 2 is 1.63 bits per heavy atom. The first-order valence-corrected chi connectivity index (χ1v) is 8.93. The maximum Gasteiger partial charge on any atom is 0.137 e. The fourth-order valence-electron chi connectivity index (χ4n) is 1.58. The molecule has 0 saturated heterocycles. The third-order valence-corrected chi connectivity index (χ3v) is 5.63. The summed E-state index contributed by atoms with van der Waals surface area (Å²) in [6, 6.07) is 5.58. The fourth-order valence-corrected chi connectivity index (χ4v) is 4.60. The summed E-state index contributed by atoms with van der Waals surface area (Å²) in [6.07, 6.45) is 0. The van der Waals surface area contributed by atoms with Gasteiger partial charge in [-0.3, -0.25) is 0 Å². The summed E-state index contributed by atoms with van der Waals surface area (Å²) >= 11 is 12.3. The Balaban J connectivity index is 1.88. The SMILES string of the molecule is Cc1noc(C)c1CSSCc1c(Cl)cccc1Cl. The predicted molar refractivity (Wildman–Crippen MR) is 85.0 cm³/mol. The van der Waals surface area contributed by atoms with Crippen LogP contribution in [0.2, 0.25) is 10.0 Å². The highest BCUT2D eigenvalue weighted by molar-refractivity contribution is 8.76. The van der Waals surface area contributed by atoms with Crippen LogP contribution < -0.4 is 0 Å². The van der Waals surface area contributed by atoms with E-state index in [4.69, 9.17) is 27.7 Å². The van der Waals surface area contributed by atoms with Gasteiger partial charge in [-0.2, -0.15) is 0 Å². The van der Waals surface area contributed by atoms with Gasteiger partial charge < -0.3 is 4.52 Å². The van der Waals surface area contributed by atoms with Gasteiger partial charge in [-0.25, -0.2) is 0 Å². The maximum atomic E-state index is 6.13. The van der Waals surface area contributed by atoms with Crippen LogP contribution in [0.3, 0.4) is 0 Å². The number of hydrogen-bond donors (Lipinski definition) is 0. The molecule has 0 fully saturated rings. The molecular weight excluding hydrogens is 321 g/mol. The molecule has 0 unspecified atom stereocenters. The van der Waals surface area contributed by atoms with Gasteiger partial charge in [0.1, 0.15) is 5.76 Å². The van der Waals surface area contributed by atoms with Crippen molar-refractivity contribution in [3.63, 3.8) is 0 Å². The number of nitrogens with zero attached hydrogens (tertiary/aromatic N) is 1.